The number of allylic oxidation sites excluding steroid dienone is 2. The van der Waals surface area contributed by atoms with Crippen molar-refractivity contribution in [1.82, 2.24) is 0 Å². The van der Waals surface area contributed by atoms with Gasteiger partial charge in [-0.3, -0.25) is 0 Å². The number of carbonyl (C=O) groups excluding carboxylic acids is 1. The van der Waals surface area contributed by atoms with Gasteiger partial charge in [0, 0.05) is 6.42 Å². The number of carbonyl (C=O) groups is 1. The molecule has 0 unspecified atom stereocenters. The molecule has 0 rings (SSSR count). The number of hydrogen-bond donors (Lipinski definition) is 0. The second-order valence-electron chi connectivity index (χ2n) is 1.72. The molecular weight excluding hydrogens is 112 g/mol. The lowest BCUT2D eigenvalue weighted by atomic mass is 10.4. The van der Waals surface area contributed by atoms with Crippen LogP contribution in [0.1, 0.15) is 34.1 Å². The van der Waals surface area contributed by atoms with Gasteiger partial charge in [-0.25, -0.2) is 0 Å². The fourth-order valence-electron chi connectivity index (χ4n) is 0. The first kappa shape index (κ1) is 11.2. The molecule has 1 heteroatoms. The third kappa shape index (κ3) is 37.3. The first-order valence-corrected chi connectivity index (χ1v) is 3.25. The highest BCUT2D eigenvalue weighted by atomic mass is 16.1. The van der Waals surface area contributed by atoms with Crippen molar-refractivity contribution in [2.24, 2.45) is 0 Å². The summed E-state index contributed by atoms with van der Waals surface area (Å²) >= 11 is 0. The van der Waals surface area contributed by atoms with Gasteiger partial charge in [-0.15, -0.1) is 0 Å². The predicted octanol–water partition coefficient (Wildman–Crippen LogP) is 2.57. The summed E-state index contributed by atoms with van der Waals surface area (Å²) < 4.78 is 0. The van der Waals surface area contributed by atoms with Crippen molar-refractivity contribution in [3.05, 3.63) is 12.2 Å². The van der Waals surface area contributed by atoms with Gasteiger partial charge < -0.3 is 4.79 Å². The van der Waals surface area contributed by atoms with E-state index >= 15 is 0 Å². The van der Waals surface area contributed by atoms with Crippen LogP contribution in [0.4, 0.5) is 0 Å². The van der Waals surface area contributed by atoms with Gasteiger partial charge in [0.25, 0.3) is 0 Å². The van der Waals surface area contributed by atoms with Gasteiger partial charge in [0.15, 0.2) is 0 Å². The van der Waals surface area contributed by atoms with Crippen molar-refractivity contribution >= 4 is 5.78 Å². The van der Waals surface area contributed by atoms with Crippen molar-refractivity contribution < 1.29 is 4.79 Å². The van der Waals surface area contributed by atoms with Crippen LogP contribution in [0.15, 0.2) is 12.2 Å². The molecule has 9 heavy (non-hydrogen) atoms. The van der Waals surface area contributed by atoms with Gasteiger partial charge in [-0.2, -0.15) is 0 Å². The van der Waals surface area contributed by atoms with Crippen molar-refractivity contribution in [2.75, 3.05) is 0 Å². The lowest BCUT2D eigenvalue weighted by Gasteiger charge is -1.71. The number of Topliss-reactive ketones (excluding diaryl/α,β-unsaturated/α-hetero) is 1. The zero-order valence-corrected chi connectivity index (χ0v) is 6.77. The fourth-order valence-corrected chi connectivity index (χ4v) is 0. The summed E-state index contributed by atoms with van der Waals surface area (Å²) in [5.74, 6) is 0.255. The van der Waals surface area contributed by atoms with E-state index in [2.05, 4.69) is 0 Å². The molecule has 0 saturated heterocycles. The molecule has 0 aliphatic rings. The summed E-state index contributed by atoms with van der Waals surface area (Å²) in [4.78, 5) is 9.81. The molecule has 0 aromatic heterocycles. The van der Waals surface area contributed by atoms with Crippen LogP contribution in [-0.4, -0.2) is 5.78 Å². The smallest absolute Gasteiger partial charge is 0.129 e. The highest BCUT2D eigenvalue weighted by Crippen LogP contribution is 1.71. The molecule has 1 nitrogen and oxygen atoms in total. The van der Waals surface area contributed by atoms with Crippen LogP contribution in [0.3, 0.4) is 0 Å². The van der Waals surface area contributed by atoms with Crippen LogP contribution >= 0.6 is 0 Å². The monoisotopic (exact) mass is 128 g/mol. The van der Waals surface area contributed by atoms with Crippen LogP contribution in [0.25, 0.3) is 0 Å². The molecule has 0 aliphatic carbocycles. The molecule has 0 aromatic carbocycles. The molecule has 0 aliphatic heterocycles. The van der Waals surface area contributed by atoms with Crippen molar-refractivity contribution in [1.29, 1.82) is 0 Å². The topological polar surface area (TPSA) is 17.1 Å². The largest absolute Gasteiger partial charge is 0.300 e. The molecule has 0 radical (unpaired) electrons. The minimum absolute atomic E-state index is 0.255. The quantitative estimate of drug-likeness (QED) is 0.496. The Balaban J connectivity index is 0. The Labute approximate surface area is 57.8 Å². The zero-order valence-electron chi connectivity index (χ0n) is 6.77. The van der Waals surface area contributed by atoms with Gasteiger partial charge in [0.1, 0.15) is 5.78 Å². The normalized spacial score (nSPS) is 8.44. The predicted molar refractivity (Wildman–Crippen MR) is 41.5 cm³/mol. The Morgan fingerprint density at radius 1 is 1.33 bits per heavy atom. The Morgan fingerprint density at radius 2 is 1.56 bits per heavy atom. The standard InChI is InChI=1S/C4H8O.C4H8/c1-3-4(2)5;1-3-4-2/h3H2,1-2H3;3-4H,1-2H3. The van der Waals surface area contributed by atoms with Crippen LogP contribution < -0.4 is 0 Å². The summed E-state index contributed by atoms with van der Waals surface area (Å²) in [6, 6.07) is 0. The average Bonchev–Trinajstić information content (AvgIpc) is 1.89. The number of ketones is 1. The molecule has 0 heterocycles. The van der Waals surface area contributed by atoms with Crippen molar-refractivity contribution in [3.63, 3.8) is 0 Å². The molecule has 0 bridgehead atoms. The second kappa shape index (κ2) is 10.4. The molecule has 0 N–H and O–H groups in total. The second-order valence-corrected chi connectivity index (χ2v) is 1.72. The minimum Gasteiger partial charge on any atom is -0.300 e. The van der Waals surface area contributed by atoms with Crippen LogP contribution in [-0.2, 0) is 4.79 Å². The summed E-state index contributed by atoms with van der Waals surface area (Å²) in [5, 5.41) is 0. The highest BCUT2D eigenvalue weighted by molar-refractivity contribution is 5.74. The summed E-state index contributed by atoms with van der Waals surface area (Å²) in [7, 11) is 0. The Kier molecular flexibility index (Phi) is 13.0. The van der Waals surface area contributed by atoms with Gasteiger partial charge in [0.2, 0.25) is 0 Å². The fraction of sp³-hybridized carbons (Fsp3) is 0.625. The van der Waals surface area contributed by atoms with E-state index in [0.717, 1.165) is 0 Å². The van der Waals surface area contributed by atoms with E-state index in [1.54, 1.807) is 6.92 Å². The molecular formula is C8H16O. The van der Waals surface area contributed by atoms with E-state index in [1.165, 1.54) is 0 Å². The van der Waals surface area contributed by atoms with Crippen molar-refractivity contribution in [3.8, 4) is 0 Å². The van der Waals surface area contributed by atoms with Crippen LogP contribution in [0.2, 0.25) is 0 Å². The first-order chi connectivity index (χ1) is 4.18. The molecule has 0 amide bonds. The Morgan fingerprint density at radius 3 is 1.56 bits per heavy atom. The van der Waals surface area contributed by atoms with E-state index < -0.39 is 0 Å². The van der Waals surface area contributed by atoms with E-state index in [1.807, 2.05) is 32.9 Å². The van der Waals surface area contributed by atoms with Gasteiger partial charge in [-0.1, -0.05) is 19.1 Å². The first-order valence-electron chi connectivity index (χ1n) is 3.25. The maximum atomic E-state index is 9.81. The molecule has 0 spiro atoms. The molecule has 54 valence electrons. The number of rotatable bonds is 1. The Bertz CT molecular complexity index is 78.6. The van der Waals surface area contributed by atoms with Gasteiger partial charge in [0.05, 0.1) is 0 Å². The van der Waals surface area contributed by atoms with Gasteiger partial charge >= 0.3 is 0 Å². The summed E-state index contributed by atoms with van der Waals surface area (Å²) in [6.45, 7) is 7.43. The van der Waals surface area contributed by atoms with E-state index in [4.69, 9.17) is 0 Å². The third-order valence-corrected chi connectivity index (χ3v) is 0.831. The van der Waals surface area contributed by atoms with E-state index in [0.29, 0.717) is 6.42 Å². The minimum atomic E-state index is 0.255. The average molecular weight is 128 g/mol. The lowest BCUT2D eigenvalue weighted by Crippen LogP contribution is -1.80. The van der Waals surface area contributed by atoms with Gasteiger partial charge in [-0.05, 0) is 20.8 Å². The highest BCUT2D eigenvalue weighted by Gasteiger charge is 1.76. The van der Waals surface area contributed by atoms with E-state index in [-0.39, 0.29) is 5.78 Å². The Hall–Kier alpha value is -0.590. The van der Waals surface area contributed by atoms with Crippen LogP contribution in [0.5, 0.6) is 0 Å². The van der Waals surface area contributed by atoms with E-state index in [9.17, 15) is 4.79 Å². The van der Waals surface area contributed by atoms with Crippen molar-refractivity contribution in [2.45, 2.75) is 34.1 Å². The summed E-state index contributed by atoms with van der Waals surface area (Å²) in [6.07, 6.45) is 4.67. The lowest BCUT2D eigenvalue weighted by molar-refractivity contribution is -0.116. The van der Waals surface area contributed by atoms with Crippen LogP contribution in [0, 0.1) is 0 Å². The maximum absolute atomic E-state index is 9.81. The maximum Gasteiger partial charge on any atom is 0.129 e. The zero-order chi connectivity index (χ0) is 7.70. The number of hydrogen-bond acceptors (Lipinski definition) is 1. The molecule has 0 atom stereocenters. The third-order valence-electron chi connectivity index (χ3n) is 0.831. The molecule has 0 saturated carbocycles. The SMILES string of the molecule is CC=CC.CCC(C)=O. The molecule has 0 fully saturated rings. The summed E-state index contributed by atoms with van der Waals surface area (Å²) in [5.41, 5.74) is 0. The molecule has 0 aromatic rings.